The van der Waals surface area contributed by atoms with Gasteiger partial charge in [-0.25, -0.2) is 4.79 Å². The molecule has 0 aliphatic rings. The fraction of sp³-hybridized carbons (Fsp3) is 0.0667. The van der Waals surface area contributed by atoms with E-state index in [1.54, 1.807) is 18.2 Å². The number of carbonyl (C=O) groups is 2. The zero-order chi connectivity index (χ0) is 15.8. The Morgan fingerprint density at radius 2 is 1.81 bits per heavy atom. The van der Waals surface area contributed by atoms with Crippen molar-refractivity contribution in [2.24, 2.45) is 0 Å². The number of methoxy groups -OCH3 is 1. The molecule has 2 aromatic carbocycles. The molecule has 0 aliphatic carbocycles. The average molecular weight is 289 g/mol. The van der Waals surface area contributed by atoms with Gasteiger partial charge in [0.1, 0.15) is 11.5 Å². The van der Waals surface area contributed by atoms with E-state index in [0.717, 1.165) is 0 Å². The lowest BCUT2D eigenvalue weighted by molar-refractivity contribution is 0.0696. The van der Waals surface area contributed by atoms with Crippen LogP contribution in [0.25, 0.3) is 0 Å². The highest BCUT2D eigenvalue weighted by Gasteiger charge is 2.00. The molecule has 0 heterocycles. The maximum absolute atomic E-state index is 10.3. The molecule has 0 atom stereocenters. The highest BCUT2D eigenvalue weighted by atomic mass is 16.5. The van der Waals surface area contributed by atoms with E-state index in [1.165, 1.54) is 31.4 Å². The van der Waals surface area contributed by atoms with Crippen molar-refractivity contribution in [3.8, 4) is 11.5 Å². The molecule has 0 saturated heterocycles. The first-order valence-corrected chi connectivity index (χ1v) is 5.89. The van der Waals surface area contributed by atoms with Crippen LogP contribution in [0.2, 0.25) is 0 Å². The lowest BCUT2D eigenvalue weighted by Gasteiger charge is -2.00. The van der Waals surface area contributed by atoms with E-state index in [4.69, 9.17) is 20.7 Å². The number of nitrogens with two attached hydrogens (primary N) is 1. The number of nitrogen functional groups attached to an aromatic ring is 1. The molecule has 2 rings (SSSR count). The van der Waals surface area contributed by atoms with Crippen molar-refractivity contribution in [2.75, 3.05) is 12.8 Å². The van der Waals surface area contributed by atoms with Gasteiger partial charge in [-0.3, -0.25) is 4.79 Å². The summed E-state index contributed by atoms with van der Waals surface area (Å²) in [6, 6.07) is 10.5. The number of carboxylic acid groups (broad SMARTS) is 1. The monoisotopic (exact) mass is 289 g/mol. The van der Waals surface area contributed by atoms with Gasteiger partial charge in [0.05, 0.1) is 18.2 Å². The Bertz CT molecular complexity index is 622. The lowest BCUT2D eigenvalue weighted by atomic mass is 10.2. The molecule has 0 unspecified atom stereocenters. The second-order valence-electron chi connectivity index (χ2n) is 3.97. The van der Waals surface area contributed by atoms with E-state index in [0.29, 0.717) is 17.7 Å². The Balaban J connectivity index is 0.000000211. The van der Waals surface area contributed by atoms with E-state index in [1.807, 2.05) is 0 Å². The first kappa shape index (κ1) is 16.0. The van der Waals surface area contributed by atoms with Gasteiger partial charge in [-0.05, 0) is 42.5 Å². The van der Waals surface area contributed by atoms with Gasteiger partial charge in [0, 0.05) is 5.69 Å². The van der Waals surface area contributed by atoms with E-state index in [-0.39, 0.29) is 16.9 Å². The summed E-state index contributed by atoms with van der Waals surface area (Å²) in [4.78, 5) is 20.6. The zero-order valence-corrected chi connectivity index (χ0v) is 11.3. The Morgan fingerprint density at radius 1 is 1.19 bits per heavy atom. The molecule has 0 radical (unpaired) electrons. The van der Waals surface area contributed by atoms with Crippen LogP contribution in [0, 0.1) is 0 Å². The number of phenolic OH excluding ortho intramolecular Hbond substituents is 1. The summed E-state index contributed by atoms with van der Waals surface area (Å²) in [7, 11) is 1.50. The van der Waals surface area contributed by atoms with Gasteiger partial charge in [-0.1, -0.05) is 0 Å². The Kier molecular flexibility index (Phi) is 5.76. The Labute approximate surface area is 121 Å². The fourth-order valence-corrected chi connectivity index (χ4v) is 1.38. The van der Waals surface area contributed by atoms with Crippen molar-refractivity contribution < 1.29 is 24.5 Å². The van der Waals surface area contributed by atoms with E-state index < -0.39 is 5.97 Å². The number of anilines is 1. The van der Waals surface area contributed by atoms with Gasteiger partial charge in [0.2, 0.25) is 0 Å². The van der Waals surface area contributed by atoms with Crippen LogP contribution < -0.4 is 10.5 Å². The van der Waals surface area contributed by atoms with Crippen molar-refractivity contribution in [3.63, 3.8) is 0 Å². The predicted molar refractivity (Wildman–Crippen MR) is 77.9 cm³/mol. The van der Waals surface area contributed by atoms with Crippen LogP contribution in [0.1, 0.15) is 20.7 Å². The van der Waals surface area contributed by atoms with Crippen LogP contribution in [0.15, 0.2) is 42.5 Å². The summed E-state index contributed by atoms with van der Waals surface area (Å²) in [5, 5.41) is 17.5. The van der Waals surface area contributed by atoms with E-state index in [2.05, 4.69) is 0 Å². The molecule has 0 saturated carbocycles. The van der Waals surface area contributed by atoms with Crippen molar-refractivity contribution in [3.05, 3.63) is 53.6 Å². The van der Waals surface area contributed by atoms with Gasteiger partial charge < -0.3 is 20.7 Å². The van der Waals surface area contributed by atoms with Crippen molar-refractivity contribution in [2.45, 2.75) is 0 Å². The number of aldehydes is 1. The number of rotatable bonds is 3. The quantitative estimate of drug-likeness (QED) is 0.590. The number of benzene rings is 2. The average Bonchev–Trinajstić information content (AvgIpc) is 2.49. The molecule has 0 bridgehead atoms. The first-order chi connectivity index (χ1) is 9.97. The fourth-order valence-electron chi connectivity index (χ4n) is 1.38. The third-order valence-corrected chi connectivity index (χ3v) is 2.52. The molecule has 0 aliphatic heterocycles. The van der Waals surface area contributed by atoms with E-state index in [9.17, 15) is 9.59 Å². The number of ether oxygens (including phenoxy) is 1. The van der Waals surface area contributed by atoms with Crippen molar-refractivity contribution >= 4 is 17.9 Å². The second-order valence-corrected chi connectivity index (χ2v) is 3.97. The highest BCUT2D eigenvalue weighted by molar-refractivity contribution is 5.87. The third-order valence-electron chi connectivity index (χ3n) is 2.52. The molecule has 21 heavy (non-hydrogen) atoms. The summed E-state index contributed by atoms with van der Waals surface area (Å²) >= 11 is 0. The van der Waals surface area contributed by atoms with E-state index >= 15 is 0 Å². The molecular weight excluding hydrogens is 274 g/mol. The number of carbonyl (C=O) groups excluding carboxylic acids is 1. The smallest absolute Gasteiger partial charge is 0.335 e. The maximum atomic E-state index is 10.3. The minimum Gasteiger partial charge on any atom is -0.507 e. The molecular formula is C15H15NO5. The largest absolute Gasteiger partial charge is 0.507 e. The zero-order valence-electron chi connectivity index (χ0n) is 11.3. The van der Waals surface area contributed by atoms with Crippen molar-refractivity contribution in [1.29, 1.82) is 0 Å². The molecule has 0 spiro atoms. The van der Waals surface area contributed by atoms with Crippen molar-refractivity contribution in [1.82, 2.24) is 0 Å². The summed E-state index contributed by atoms with van der Waals surface area (Å²) in [6.45, 7) is 0. The lowest BCUT2D eigenvalue weighted by Crippen LogP contribution is -1.95. The molecule has 6 nitrogen and oxygen atoms in total. The normalized spacial score (nSPS) is 9.19. The molecule has 0 fully saturated rings. The number of hydrogen-bond donors (Lipinski definition) is 3. The standard InChI is InChI=1S/C8H8O3.C7H7NO2/c1-11-7-2-3-8(10)6(4-7)5-9;8-6-3-1-5(2-4-6)7(9)10/h2-5,10H,1H3;1-4H,8H2,(H,9,10). The van der Waals surface area contributed by atoms with Gasteiger partial charge in [-0.2, -0.15) is 0 Å². The second kappa shape index (κ2) is 7.54. The summed E-state index contributed by atoms with van der Waals surface area (Å²) in [6.07, 6.45) is 0.581. The number of aromatic carboxylic acids is 1. The SMILES string of the molecule is COc1ccc(O)c(C=O)c1.Nc1ccc(C(=O)O)cc1. The molecule has 4 N–H and O–H groups in total. The Morgan fingerprint density at radius 3 is 2.29 bits per heavy atom. The highest BCUT2D eigenvalue weighted by Crippen LogP contribution is 2.20. The third kappa shape index (κ3) is 4.87. The molecule has 6 heteroatoms. The minimum absolute atomic E-state index is 0.0270. The summed E-state index contributed by atoms with van der Waals surface area (Å²) < 4.78 is 4.84. The van der Waals surface area contributed by atoms with Gasteiger partial charge >= 0.3 is 5.97 Å². The van der Waals surface area contributed by atoms with Crippen LogP contribution >= 0.6 is 0 Å². The van der Waals surface area contributed by atoms with Gasteiger partial charge in [0.15, 0.2) is 6.29 Å². The number of aromatic hydroxyl groups is 1. The molecule has 0 amide bonds. The van der Waals surface area contributed by atoms with Crippen LogP contribution in [0.5, 0.6) is 11.5 Å². The van der Waals surface area contributed by atoms with Gasteiger partial charge in [-0.15, -0.1) is 0 Å². The number of phenols is 1. The van der Waals surface area contributed by atoms with Crippen LogP contribution in [0.4, 0.5) is 5.69 Å². The maximum Gasteiger partial charge on any atom is 0.335 e. The number of hydrogen-bond acceptors (Lipinski definition) is 5. The molecule has 110 valence electrons. The minimum atomic E-state index is -0.931. The molecule has 2 aromatic rings. The molecule has 0 aromatic heterocycles. The Hall–Kier alpha value is -3.02. The van der Waals surface area contributed by atoms with Crippen LogP contribution in [-0.2, 0) is 0 Å². The topological polar surface area (TPSA) is 110 Å². The number of carboxylic acids is 1. The van der Waals surface area contributed by atoms with Gasteiger partial charge in [0.25, 0.3) is 0 Å². The predicted octanol–water partition coefficient (Wildman–Crippen LogP) is 2.18. The summed E-state index contributed by atoms with van der Waals surface area (Å²) in [5.41, 5.74) is 6.41. The van der Waals surface area contributed by atoms with Crippen LogP contribution in [0.3, 0.4) is 0 Å². The first-order valence-electron chi connectivity index (χ1n) is 5.89. The summed E-state index contributed by atoms with van der Waals surface area (Å²) in [5.74, 6) is -0.397. The van der Waals surface area contributed by atoms with Crippen LogP contribution in [-0.4, -0.2) is 29.6 Å².